The SMILES string of the molecule is COCCC(C)NS(=O)(=O)c1cc(Br)cc(N)c1C. The maximum Gasteiger partial charge on any atom is 0.241 e. The van der Waals surface area contributed by atoms with Crippen LogP contribution >= 0.6 is 15.9 Å². The highest BCUT2D eigenvalue weighted by molar-refractivity contribution is 9.10. The summed E-state index contributed by atoms with van der Waals surface area (Å²) in [6.07, 6.45) is 0.609. The van der Waals surface area contributed by atoms with Crippen LogP contribution in [0.25, 0.3) is 0 Å². The van der Waals surface area contributed by atoms with Crippen molar-refractivity contribution in [2.45, 2.75) is 31.2 Å². The number of halogens is 1. The number of ether oxygens (including phenoxy) is 1. The van der Waals surface area contributed by atoms with Crippen molar-refractivity contribution in [3.8, 4) is 0 Å². The van der Waals surface area contributed by atoms with E-state index in [1.165, 1.54) is 0 Å². The van der Waals surface area contributed by atoms with E-state index in [2.05, 4.69) is 20.7 Å². The third-order valence-corrected chi connectivity index (χ3v) is 4.94. The highest BCUT2D eigenvalue weighted by Crippen LogP contribution is 2.26. The number of hydrogen-bond donors (Lipinski definition) is 2. The first-order chi connectivity index (χ1) is 8.77. The number of nitrogen functional groups attached to an aromatic ring is 1. The number of benzene rings is 1. The lowest BCUT2D eigenvalue weighted by molar-refractivity contribution is 0.188. The summed E-state index contributed by atoms with van der Waals surface area (Å²) in [6.45, 7) is 3.99. The first-order valence-corrected chi connectivity index (χ1v) is 8.12. The van der Waals surface area contributed by atoms with Gasteiger partial charge in [-0.25, -0.2) is 13.1 Å². The Morgan fingerprint density at radius 3 is 2.68 bits per heavy atom. The summed E-state index contributed by atoms with van der Waals surface area (Å²) in [4.78, 5) is 0.198. The lowest BCUT2D eigenvalue weighted by atomic mass is 10.2. The number of sulfonamides is 1. The van der Waals surface area contributed by atoms with E-state index < -0.39 is 10.0 Å². The second-order valence-electron chi connectivity index (χ2n) is 4.42. The summed E-state index contributed by atoms with van der Waals surface area (Å²) in [6, 6.07) is 3.03. The molecule has 7 heteroatoms. The third-order valence-electron chi connectivity index (χ3n) is 2.77. The van der Waals surface area contributed by atoms with E-state index in [-0.39, 0.29) is 10.9 Å². The number of nitrogens with two attached hydrogens (primary N) is 1. The average Bonchev–Trinajstić information content (AvgIpc) is 2.30. The van der Waals surface area contributed by atoms with Gasteiger partial charge in [-0.1, -0.05) is 15.9 Å². The third kappa shape index (κ3) is 4.45. The molecule has 1 rings (SSSR count). The van der Waals surface area contributed by atoms with Gasteiger partial charge in [0.15, 0.2) is 0 Å². The van der Waals surface area contributed by atoms with Crippen molar-refractivity contribution in [3.63, 3.8) is 0 Å². The molecule has 0 aliphatic carbocycles. The lowest BCUT2D eigenvalue weighted by Gasteiger charge is -2.16. The Bertz CT molecular complexity index is 546. The van der Waals surface area contributed by atoms with Gasteiger partial charge in [-0.2, -0.15) is 0 Å². The van der Waals surface area contributed by atoms with Crippen LogP contribution in [-0.4, -0.2) is 28.2 Å². The van der Waals surface area contributed by atoms with Crippen LogP contribution in [0.3, 0.4) is 0 Å². The van der Waals surface area contributed by atoms with E-state index in [1.54, 1.807) is 33.1 Å². The quantitative estimate of drug-likeness (QED) is 0.769. The van der Waals surface area contributed by atoms with Gasteiger partial charge in [0.1, 0.15) is 0 Å². The Balaban J connectivity index is 3.01. The number of hydrogen-bond acceptors (Lipinski definition) is 4. The van der Waals surface area contributed by atoms with Gasteiger partial charge in [-0.3, -0.25) is 0 Å². The smallest absolute Gasteiger partial charge is 0.241 e. The molecule has 1 aromatic carbocycles. The molecule has 1 atom stereocenters. The molecule has 0 spiro atoms. The van der Waals surface area contributed by atoms with Crippen LogP contribution in [0.5, 0.6) is 0 Å². The maximum absolute atomic E-state index is 12.3. The minimum Gasteiger partial charge on any atom is -0.398 e. The molecule has 0 aromatic heterocycles. The standard InChI is InChI=1S/C12H19BrN2O3S/c1-8(4-5-18-3)15-19(16,17)12-7-10(13)6-11(14)9(12)2/h6-8,15H,4-5,14H2,1-3H3. The van der Waals surface area contributed by atoms with Gasteiger partial charge < -0.3 is 10.5 Å². The molecule has 0 amide bonds. The molecule has 0 saturated carbocycles. The first kappa shape index (κ1) is 16.4. The molecule has 0 saturated heterocycles. The fraction of sp³-hybridized carbons (Fsp3) is 0.500. The van der Waals surface area contributed by atoms with Crippen molar-refractivity contribution >= 4 is 31.6 Å². The second kappa shape index (κ2) is 6.69. The summed E-state index contributed by atoms with van der Waals surface area (Å²) in [5.41, 5.74) is 6.78. The molecule has 1 aromatic rings. The van der Waals surface area contributed by atoms with Crippen LogP contribution in [-0.2, 0) is 14.8 Å². The lowest BCUT2D eigenvalue weighted by Crippen LogP contribution is -2.33. The molecule has 0 fully saturated rings. The first-order valence-electron chi connectivity index (χ1n) is 5.85. The summed E-state index contributed by atoms with van der Waals surface area (Å²) in [7, 11) is -2.00. The Morgan fingerprint density at radius 2 is 2.11 bits per heavy atom. The largest absolute Gasteiger partial charge is 0.398 e. The number of rotatable bonds is 6. The normalized spacial score (nSPS) is 13.5. The Hall–Kier alpha value is -0.630. The monoisotopic (exact) mass is 350 g/mol. The molecule has 5 nitrogen and oxygen atoms in total. The van der Waals surface area contributed by atoms with Gasteiger partial charge in [0.2, 0.25) is 10.0 Å². The molecule has 1 unspecified atom stereocenters. The van der Waals surface area contributed by atoms with Gasteiger partial charge in [0.05, 0.1) is 4.90 Å². The molecule has 108 valence electrons. The van der Waals surface area contributed by atoms with Crippen LogP contribution in [0.15, 0.2) is 21.5 Å². The van der Waals surface area contributed by atoms with Crippen molar-refractivity contribution in [2.75, 3.05) is 19.5 Å². The Labute approximate surface area is 122 Å². The Kier molecular flexibility index (Phi) is 5.79. The van der Waals surface area contributed by atoms with E-state index in [0.29, 0.717) is 28.8 Å². The van der Waals surface area contributed by atoms with Gasteiger partial charge in [-0.05, 0) is 38.0 Å². The Morgan fingerprint density at radius 1 is 1.47 bits per heavy atom. The van der Waals surface area contributed by atoms with Crippen LogP contribution in [0.2, 0.25) is 0 Å². The molecule has 0 bridgehead atoms. The maximum atomic E-state index is 12.3. The van der Waals surface area contributed by atoms with Gasteiger partial charge in [-0.15, -0.1) is 0 Å². The molecule has 19 heavy (non-hydrogen) atoms. The van der Waals surface area contributed by atoms with E-state index >= 15 is 0 Å². The van der Waals surface area contributed by atoms with Gasteiger partial charge in [0, 0.05) is 29.9 Å². The minimum absolute atomic E-state index is 0.198. The molecule has 0 heterocycles. The predicted molar refractivity (Wildman–Crippen MR) is 79.6 cm³/mol. The van der Waals surface area contributed by atoms with E-state index in [9.17, 15) is 8.42 Å². The van der Waals surface area contributed by atoms with Crippen molar-refractivity contribution in [1.29, 1.82) is 0 Å². The molecule has 0 aliphatic rings. The second-order valence-corrected chi connectivity index (χ2v) is 7.02. The molecular formula is C12H19BrN2O3S. The number of nitrogens with one attached hydrogen (secondary N) is 1. The number of anilines is 1. The molecule has 0 aliphatic heterocycles. The van der Waals surface area contributed by atoms with Gasteiger partial charge in [0.25, 0.3) is 0 Å². The molecular weight excluding hydrogens is 332 g/mol. The van der Waals surface area contributed by atoms with E-state index in [0.717, 1.165) is 0 Å². The average molecular weight is 351 g/mol. The summed E-state index contributed by atoms with van der Waals surface area (Å²) >= 11 is 3.26. The fourth-order valence-corrected chi connectivity index (χ4v) is 3.84. The zero-order valence-corrected chi connectivity index (χ0v) is 13.6. The zero-order chi connectivity index (χ0) is 14.6. The molecule has 3 N–H and O–H groups in total. The number of methoxy groups -OCH3 is 1. The van der Waals surface area contributed by atoms with Crippen LogP contribution < -0.4 is 10.5 Å². The zero-order valence-electron chi connectivity index (χ0n) is 11.2. The summed E-state index contributed by atoms with van der Waals surface area (Å²) < 4.78 is 32.8. The molecule has 0 radical (unpaired) electrons. The predicted octanol–water partition coefficient (Wildman–Crippen LogP) is 2.04. The highest BCUT2D eigenvalue weighted by atomic mass is 79.9. The van der Waals surface area contributed by atoms with Crippen LogP contribution in [0.4, 0.5) is 5.69 Å². The van der Waals surface area contributed by atoms with Crippen molar-refractivity contribution in [1.82, 2.24) is 4.72 Å². The minimum atomic E-state index is -3.58. The summed E-state index contributed by atoms with van der Waals surface area (Å²) in [5, 5.41) is 0. The topological polar surface area (TPSA) is 81.4 Å². The van der Waals surface area contributed by atoms with Gasteiger partial charge >= 0.3 is 0 Å². The van der Waals surface area contributed by atoms with Crippen LogP contribution in [0.1, 0.15) is 18.9 Å². The van der Waals surface area contributed by atoms with Crippen molar-refractivity contribution in [2.24, 2.45) is 0 Å². The van der Waals surface area contributed by atoms with E-state index in [4.69, 9.17) is 10.5 Å². The van der Waals surface area contributed by atoms with E-state index in [1.807, 2.05) is 0 Å². The highest BCUT2D eigenvalue weighted by Gasteiger charge is 2.21. The van der Waals surface area contributed by atoms with Crippen molar-refractivity contribution < 1.29 is 13.2 Å². The van der Waals surface area contributed by atoms with Crippen molar-refractivity contribution in [3.05, 3.63) is 22.2 Å². The fourth-order valence-electron chi connectivity index (χ4n) is 1.64. The van der Waals surface area contributed by atoms with Crippen LogP contribution in [0, 0.1) is 6.92 Å². The summed E-state index contributed by atoms with van der Waals surface area (Å²) in [5.74, 6) is 0.